The SMILES string of the molecule is CCOC1CC(n2c(CCl)nc3ccc(C)nc32)C1. The van der Waals surface area contributed by atoms with E-state index in [-0.39, 0.29) is 0 Å². The van der Waals surface area contributed by atoms with E-state index in [0.717, 1.165) is 42.1 Å². The maximum atomic E-state index is 6.02. The van der Waals surface area contributed by atoms with Crippen LogP contribution in [0.4, 0.5) is 0 Å². The molecule has 2 aromatic heterocycles. The van der Waals surface area contributed by atoms with Crippen LogP contribution in [0.5, 0.6) is 0 Å². The van der Waals surface area contributed by atoms with E-state index < -0.39 is 0 Å². The molecule has 0 saturated heterocycles. The quantitative estimate of drug-likeness (QED) is 0.807. The summed E-state index contributed by atoms with van der Waals surface area (Å²) in [5.74, 6) is 1.33. The van der Waals surface area contributed by atoms with Gasteiger partial charge in [-0.3, -0.25) is 0 Å². The van der Waals surface area contributed by atoms with Crippen LogP contribution in [0.1, 0.15) is 37.3 Å². The molecule has 1 saturated carbocycles. The molecule has 0 bridgehead atoms. The third-order valence-corrected chi connectivity index (χ3v) is 3.95. The molecule has 0 aromatic carbocycles. The number of imidazole rings is 1. The maximum Gasteiger partial charge on any atom is 0.160 e. The Labute approximate surface area is 117 Å². The standard InChI is InChI=1S/C14H18ClN3O/c1-3-19-11-6-10(7-11)18-13(8-15)17-12-5-4-9(2)16-14(12)18/h4-5,10-11H,3,6-8H2,1-2H3. The number of aryl methyl sites for hydroxylation is 1. The number of hydrogen-bond acceptors (Lipinski definition) is 3. The van der Waals surface area contributed by atoms with E-state index in [4.69, 9.17) is 16.3 Å². The van der Waals surface area contributed by atoms with Crippen molar-refractivity contribution < 1.29 is 4.74 Å². The number of pyridine rings is 1. The molecule has 0 N–H and O–H groups in total. The molecular weight excluding hydrogens is 262 g/mol. The monoisotopic (exact) mass is 279 g/mol. The van der Waals surface area contributed by atoms with Crippen LogP contribution >= 0.6 is 11.6 Å². The average molecular weight is 280 g/mol. The highest BCUT2D eigenvalue weighted by atomic mass is 35.5. The summed E-state index contributed by atoms with van der Waals surface area (Å²) >= 11 is 6.02. The van der Waals surface area contributed by atoms with Gasteiger partial charge in [0.2, 0.25) is 0 Å². The van der Waals surface area contributed by atoms with Gasteiger partial charge < -0.3 is 9.30 Å². The summed E-state index contributed by atoms with van der Waals surface area (Å²) < 4.78 is 7.83. The highest BCUT2D eigenvalue weighted by Gasteiger charge is 2.33. The van der Waals surface area contributed by atoms with Crippen LogP contribution in [-0.2, 0) is 10.6 Å². The minimum Gasteiger partial charge on any atom is -0.378 e. The van der Waals surface area contributed by atoms with Crippen molar-refractivity contribution in [3.63, 3.8) is 0 Å². The molecule has 0 unspecified atom stereocenters. The second-order valence-corrected chi connectivity index (χ2v) is 5.30. The van der Waals surface area contributed by atoms with Crippen LogP contribution in [0.25, 0.3) is 11.2 Å². The predicted octanol–water partition coefficient (Wildman–Crippen LogP) is 3.22. The minimum atomic E-state index is 0.375. The minimum absolute atomic E-state index is 0.375. The van der Waals surface area contributed by atoms with Gasteiger partial charge in [-0.1, -0.05) is 0 Å². The first-order valence-corrected chi connectivity index (χ1v) is 7.28. The van der Waals surface area contributed by atoms with Crippen LogP contribution < -0.4 is 0 Å². The molecule has 0 radical (unpaired) electrons. The summed E-state index contributed by atoms with van der Waals surface area (Å²) in [6.07, 6.45) is 2.43. The summed E-state index contributed by atoms with van der Waals surface area (Å²) in [7, 11) is 0. The van der Waals surface area contributed by atoms with Crippen molar-refractivity contribution in [2.45, 2.75) is 44.7 Å². The van der Waals surface area contributed by atoms with E-state index in [1.165, 1.54) is 0 Å². The number of hydrogen-bond donors (Lipinski definition) is 0. The summed E-state index contributed by atoms with van der Waals surface area (Å²) in [5.41, 5.74) is 2.90. The molecule has 1 aliphatic rings. The second-order valence-electron chi connectivity index (χ2n) is 5.03. The zero-order valence-corrected chi connectivity index (χ0v) is 12.0. The van der Waals surface area contributed by atoms with Gasteiger partial charge >= 0.3 is 0 Å². The van der Waals surface area contributed by atoms with Gasteiger partial charge in [0, 0.05) is 18.3 Å². The third kappa shape index (κ3) is 2.23. The lowest BCUT2D eigenvalue weighted by molar-refractivity contribution is -0.0193. The molecule has 2 heterocycles. The summed E-state index contributed by atoms with van der Waals surface area (Å²) in [6.45, 7) is 4.82. The van der Waals surface area contributed by atoms with Gasteiger partial charge in [-0.2, -0.15) is 0 Å². The van der Waals surface area contributed by atoms with Gasteiger partial charge in [0.1, 0.15) is 11.3 Å². The van der Waals surface area contributed by atoms with Crippen LogP contribution in [0.15, 0.2) is 12.1 Å². The fourth-order valence-corrected chi connectivity index (χ4v) is 2.90. The normalized spacial score (nSPS) is 22.7. The predicted molar refractivity (Wildman–Crippen MR) is 75.5 cm³/mol. The number of alkyl halides is 1. The van der Waals surface area contributed by atoms with Crippen molar-refractivity contribution in [3.8, 4) is 0 Å². The van der Waals surface area contributed by atoms with E-state index >= 15 is 0 Å². The van der Waals surface area contributed by atoms with Crippen molar-refractivity contribution >= 4 is 22.8 Å². The maximum absolute atomic E-state index is 6.02. The Hall–Kier alpha value is -1.13. The molecular formula is C14H18ClN3O. The Morgan fingerprint density at radius 2 is 2.16 bits per heavy atom. The lowest BCUT2D eigenvalue weighted by atomic mass is 9.89. The molecule has 102 valence electrons. The fourth-order valence-electron chi connectivity index (χ4n) is 2.71. The molecule has 3 rings (SSSR count). The number of halogens is 1. The molecule has 0 amide bonds. The Bertz CT molecular complexity index is 590. The van der Waals surface area contributed by atoms with Crippen LogP contribution in [0, 0.1) is 6.92 Å². The van der Waals surface area contributed by atoms with Gasteiger partial charge in [-0.15, -0.1) is 11.6 Å². The van der Waals surface area contributed by atoms with Gasteiger partial charge in [0.05, 0.1) is 12.0 Å². The summed E-state index contributed by atoms with van der Waals surface area (Å²) in [6, 6.07) is 4.43. The molecule has 4 nitrogen and oxygen atoms in total. The summed E-state index contributed by atoms with van der Waals surface area (Å²) in [5, 5.41) is 0. The smallest absolute Gasteiger partial charge is 0.160 e. The number of nitrogens with zero attached hydrogens (tertiary/aromatic N) is 3. The lowest BCUT2D eigenvalue weighted by Crippen LogP contribution is -2.34. The molecule has 1 fully saturated rings. The third-order valence-electron chi connectivity index (χ3n) is 3.71. The number of rotatable bonds is 4. The second kappa shape index (κ2) is 5.10. The van der Waals surface area contributed by atoms with Crippen molar-refractivity contribution in [3.05, 3.63) is 23.7 Å². The molecule has 0 atom stereocenters. The topological polar surface area (TPSA) is 39.9 Å². The Balaban J connectivity index is 1.95. The van der Waals surface area contributed by atoms with Crippen molar-refractivity contribution in [2.75, 3.05) is 6.61 Å². The molecule has 1 aliphatic carbocycles. The van der Waals surface area contributed by atoms with E-state index in [9.17, 15) is 0 Å². The van der Waals surface area contributed by atoms with Gasteiger partial charge in [0.25, 0.3) is 0 Å². The zero-order valence-electron chi connectivity index (χ0n) is 11.3. The van der Waals surface area contributed by atoms with Crippen molar-refractivity contribution in [1.29, 1.82) is 0 Å². The molecule has 2 aromatic rings. The Morgan fingerprint density at radius 1 is 1.37 bits per heavy atom. The van der Waals surface area contributed by atoms with E-state index in [1.807, 2.05) is 26.0 Å². The van der Waals surface area contributed by atoms with E-state index in [1.54, 1.807) is 0 Å². The van der Waals surface area contributed by atoms with E-state index in [2.05, 4.69) is 14.5 Å². The molecule has 19 heavy (non-hydrogen) atoms. The number of aromatic nitrogens is 3. The lowest BCUT2D eigenvalue weighted by Gasteiger charge is -2.36. The fraction of sp³-hybridized carbons (Fsp3) is 0.571. The van der Waals surface area contributed by atoms with E-state index in [0.29, 0.717) is 18.0 Å². The first kappa shape index (κ1) is 12.9. The number of ether oxygens (including phenoxy) is 1. The van der Waals surface area contributed by atoms with Gasteiger partial charge in [0.15, 0.2) is 5.65 Å². The largest absolute Gasteiger partial charge is 0.378 e. The van der Waals surface area contributed by atoms with Crippen molar-refractivity contribution in [1.82, 2.24) is 14.5 Å². The van der Waals surface area contributed by atoms with Gasteiger partial charge in [-0.25, -0.2) is 9.97 Å². The molecule has 5 heteroatoms. The first-order chi connectivity index (χ1) is 9.22. The van der Waals surface area contributed by atoms with Gasteiger partial charge in [-0.05, 0) is 38.8 Å². The average Bonchev–Trinajstić information content (AvgIpc) is 2.71. The van der Waals surface area contributed by atoms with Crippen LogP contribution in [0.3, 0.4) is 0 Å². The number of fused-ring (bicyclic) bond motifs is 1. The van der Waals surface area contributed by atoms with Crippen LogP contribution in [0.2, 0.25) is 0 Å². The zero-order chi connectivity index (χ0) is 13.4. The van der Waals surface area contributed by atoms with Crippen molar-refractivity contribution in [2.24, 2.45) is 0 Å². The Kier molecular flexibility index (Phi) is 3.46. The van der Waals surface area contributed by atoms with Crippen LogP contribution in [-0.4, -0.2) is 27.2 Å². The highest BCUT2D eigenvalue weighted by Crippen LogP contribution is 2.37. The molecule has 0 spiro atoms. The summed E-state index contributed by atoms with van der Waals surface area (Å²) in [4.78, 5) is 9.19. The molecule has 0 aliphatic heterocycles. The first-order valence-electron chi connectivity index (χ1n) is 6.75. The Morgan fingerprint density at radius 3 is 2.84 bits per heavy atom. The highest BCUT2D eigenvalue weighted by molar-refractivity contribution is 6.16.